The highest BCUT2D eigenvalue weighted by atomic mass is 16.5. The van der Waals surface area contributed by atoms with E-state index in [2.05, 4.69) is 22.1 Å². The van der Waals surface area contributed by atoms with E-state index in [0.717, 1.165) is 38.6 Å². The first-order valence-electron chi connectivity index (χ1n) is 18.8. The first-order chi connectivity index (χ1) is 27.1. The van der Waals surface area contributed by atoms with Gasteiger partial charge in [-0.15, -0.1) is 0 Å². The number of aryl methyl sites for hydroxylation is 1. The van der Waals surface area contributed by atoms with Gasteiger partial charge in [0.05, 0.1) is 58.2 Å². The van der Waals surface area contributed by atoms with Gasteiger partial charge in [-0.25, -0.2) is 4.57 Å². The molecule has 1 aliphatic rings. The van der Waals surface area contributed by atoms with E-state index in [0.29, 0.717) is 69.7 Å². The molecule has 0 fully saturated rings. The van der Waals surface area contributed by atoms with E-state index in [-0.39, 0.29) is 11.6 Å². The average molecular weight is 733 g/mol. The second-order valence-corrected chi connectivity index (χ2v) is 12.9. The van der Waals surface area contributed by atoms with Crippen molar-refractivity contribution in [1.29, 1.82) is 0 Å². The van der Waals surface area contributed by atoms with Crippen molar-refractivity contribution < 1.29 is 23.6 Å². The summed E-state index contributed by atoms with van der Waals surface area (Å²) in [5.41, 5.74) is 3.89. The second kappa shape index (κ2) is 20.0. The number of Topliss-reactive ketones (excluding diaryl/α,β-unsaturated/α-hetero) is 2. The van der Waals surface area contributed by atoms with Crippen LogP contribution in [0.1, 0.15) is 59.7 Å². The number of fused-ring (bicyclic) bond motifs is 2. The summed E-state index contributed by atoms with van der Waals surface area (Å²) in [6.45, 7) is 3.94. The number of pyridine rings is 1. The van der Waals surface area contributed by atoms with Crippen LogP contribution in [0.2, 0.25) is 0 Å². The van der Waals surface area contributed by atoms with Gasteiger partial charge in [-0.1, -0.05) is 80.8 Å². The molecule has 0 spiro atoms. The molecule has 6 rings (SSSR count). The summed E-state index contributed by atoms with van der Waals surface area (Å²) in [6.07, 6.45) is 15.4. The number of unbranched alkanes of at least 4 members (excludes halogenated alkanes) is 3. The Bertz CT molecular complexity index is 2190. The molecule has 55 heavy (non-hydrogen) atoms. The lowest BCUT2D eigenvalue weighted by molar-refractivity contribution is -0.697. The number of nitrogens with zero attached hydrogens (tertiary/aromatic N) is 3. The van der Waals surface area contributed by atoms with Crippen LogP contribution >= 0.6 is 0 Å². The molecule has 2 heterocycles. The van der Waals surface area contributed by atoms with Crippen molar-refractivity contribution in [3.05, 3.63) is 162 Å². The lowest BCUT2D eigenvalue weighted by atomic mass is 10.0. The number of carbonyl (C=O) groups excluding carboxylic acids is 2. The molecule has 2 N–H and O–H groups in total. The number of rotatable bonds is 15. The fourth-order valence-corrected chi connectivity index (χ4v) is 5.92. The van der Waals surface area contributed by atoms with Crippen LogP contribution in [0.15, 0.2) is 161 Å². The Morgan fingerprint density at radius 3 is 1.60 bits per heavy atom. The minimum atomic E-state index is -0.262. The number of hydrogen-bond acceptors (Lipinski definition) is 8. The molecule has 0 atom stereocenters. The maximum Gasteiger partial charge on any atom is 0.199 e. The minimum Gasteiger partial charge on any atom is -0.493 e. The molecule has 5 aromatic rings. The Morgan fingerprint density at radius 2 is 1.05 bits per heavy atom. The van der Waals surface area contributed by atoms with E-state index in [1.807, 2.05) is 116 Å². The number of para-hydroxylation sites is 6. The molecule has 0 amide bonds. The van der Waals surface area contributed by atoms with Crippen LogP contribution in [0.3, 0.4) is 0 Å². The van der Waals surface area contributed by atoms with Crippen LogP contribution < -0.4 is 24.7 Å². The van der Waals surface area contributed by atoms with Gasteiger partial charge in [0.2, 0.25) is 0 Å². The van der Waals surface area contributed by atoms with Crippen molar-refractivity contribution >= 4 is 46.7 Å². The summed E-state index contributed by atoms with van der Waals surface area (Å²) in [4.78, 5) is 37.9. The number of anilines is 2. The van der Waals surface area contributed by atoms with Crippen LogP contribution in [-0.2, 0) is 6.54 Å². The summed E-state index contributed by atoms with van der Waals surface area (Å²) in [7, 11) is 0. The molecule has 278 valence electrons. The van der Waals surface area contributed by atoms with Crippen LogP contribution in [0.25, 0.3) is 0 Å². The average Bonchev–Trinajstić information content (AvgIpc) is 3.23. The van der Waals surface area contributed by atoms with Crippen LogP contribution in [0, 0.1) is 0 Å². The Kier molecular flexibility index (Phi) is 13.9. The molecule has 0 radical (unpaired) electrons. The van der Waals surface area contributed by atoms with E-state index < -0.39 is 0 Å². The molecule has 0 aliphatic carbocycles. The molecule has 0 saturated carbocycles. The Labute approximate surface area is 322 Å². The second-order valence-electron chi connectivity index (χ2n) is 12.9. The fraction of sp³-hybridized carbons (Fsp3) is 0.196. The van der Waals surface area contributed by atoms with Gasteiger partial charge in [0.25, 0.3) is 0 Å². The van der Waals surface area contributed by atoms with Crippen LogP contribution in [-0.4, -0.2) is 37.2 Å². The first kappa shape index (κ1) is 38.1. The summed E-state index contributed by atoms with van der Waals surface area (Å²) in [5.74, 6) is 0.524. The third-order valence-corrected chi connectivity index (χ3v) is 8.90. The Balaban J connectivity index is 1.29. The highest BCUT2D eigenvalue weighted by Crippen LogP contribution is 2.29. The lowest BCUT2D eigenvalue weighted by Gasteiger charge is -2.13. The summed E-state index contributed by atoms with van der Waals surface area (Å²) in [6, 6.07) is 35.4. The number of allylic oxidation sites excluding steroid dienone is 2. The number of hydrogen-bond donors (Lipinski definition) is 2. The van der Waals surface area contributed by atoms with Gasteiger partial charge < -0.3 is 20.1 Å². The normalized spacial score (nSPS) is 14.3. The zero-order valence-corrected chi connectivity index (χ0v) is 31.1. The number of carbonyl (C=O) groups is 2. The third kappa shape index (κ3) is 10.7. The van der Waals surface area contributed by atoms with Gasteiger partial charge in [0.1, 0.15) is 11.5 Å². The van der Waals surface area contributed by atoms with Crippen molar-refractivity contribution in [1.82, 2.24) is 0 Å². The predicted molar refractivity (Wildman–Crippen MR) is 221 cm³/mol. The van der Waals surface area contributed by atoms with E-state index in [9.17, 15) is 9.59 Å². The van der Waals surface area contributed by atoms with Gasteiger partial charge in [-0.05, 0) is 55.0 Å². The first-order valence-corrected chi connectivity index (χ1v) is 18.8. The van der Waals surface area contributed by atoms with E-state index in [1.165, 1.54) is 0 Å². The SMILES string of the molecule is CCCCCCOc1ccccc1C(=O)/C1=C/Nc2ccccc2N=C/C(C(=O)c2ccccc2OCCC[n+]2ccccc2)=C\Nc2ccccc2N=C1. The third-order valence-electron chi connectivity index (χ3n) is 8.90. The van der Waals surface area contributed by atoms with Gasteiger partial charge >= 0.3 is 0 Å². The highest BCUT2D eigenvalue weighted by molar-refractivity contribution is 6.23. The van der Waals surface area contributed by atoms with Gasteiger partial charge in [-0.3, -0.25) is 19.6 Å². The summed E-state index contributed by atoms with van der Waals surface area (Å²) < 4.78 is 14.4. The lowest BCUT2D eigenvalue weighted by Crippen LogP contribution is -2.33. The van der Waals surface area contributed by atoms with E-state index in [4.69, 9.17) is 19.5 Å². The van der Waals surface area contributed by atoms with Crippen molar-refractivity contribution in [2.24, 2.45) is 9.98 Å². The maximum absolute atomic E-state index is 14.2. The van der Waals surface area contributed by atoms with Crippen LogP contribution in [0.4, 0.5) is 22.7 Å². The Hall–Kier alpha value is -6.61. The zero-order valence-electron chi connectivity index (χ0n) is 31.1. The van der Waals surface area contributed by atoms with E-state index in [1.54, 1.807) is 37.0 Å². The number of aliphatic imine (C=N–C) groups is 2. The number of nitrogens with one attached hydrogen (secondary N) is 2. The molecule has 9 nitrogen and oxygen atoms in total. The largest absolute Gasteiger partial charge is 0.493 e. The minimum absolute atomic E-state index is 0.244. The number of ketones is 2. The smallest absolute Gasteiger partial charge is 0.199 e. The number of ether oxygens (including phenoxy) is 2. The van der Waals surface area contributed by atoms with Gasteiger partial charge in [-0.2, -0.15) is 0 Å². The topological polar surface area (TPSA) is 105 Å². The maximum atomic E-state index is 14.2. The molecule has 4 aromatic carbocycles. The van der Waals surface area contributed by atoms with Gasteiger partial charge in [0, 0.05) is 43.4 Å². The molecule has 0 saturated heterocycles. The summed E-state index contributed by atoms with van der Waals surface area (Å²) in [5, 5.41) is 6.57. The molecule has 0 bridgehead atoms. The predicted octanol–water partition coefficient (Wildman–Crippen LogP) is 9.88. The molecular weight excluding hydrogens is 687 g/mol. The fourth-order valence-electron chi connectivity index (χ4n) is 5.92. The zero-order chi connectivity index (χ0) is 38.1. The highest BCUT2D eigenvalue weighted by Gasteiger charge is 2.19. The standard InChI is InChI=1S/C46H45N5O4/c1-2-3-4-16-29-54-43-24-12-6-18-37(43)45(52)35-31-47-39-20-8-10-22-41(39)49-33-36(34-50-42-23-11-9-21-40(42)48-32-35)46(53)38-19-7-13-25-44(38)55-30-17-28-51-26-14-5-15-27-51/h5-15,18-27,31-34H,2-4,16-17,28-30H2,1H3,(H-,47,48,49,50,52,53)/p+1. The van der Waals surface area contributed by atoms with Crippen molar-refractivity contribution in [2.45, 2.75) is 45.6 Å². The quantitative estimate of drug-likeness (QED) is 0.0631. The molecular formula is C46H46N5O4+. The van der Waals surface area contributed by atoms with Crippen molar-refractivity contribution in [3.8, 4) is 11.5 Å². The monoisotopic (exact) mass is 732 g/mol. The van der Waals surface area contributed by atoms with E-state index >= 15 is 0 Å². The number of aromatic nitrogens is 1. The summed E-state index contributed by atoms with van der Waals surface area (Å²) >= 11 is 0. The number of benzene rings is 4. The van der Waals surface area contributed by atoms with Crippen molar-refractivity contribution in [2.75, 3.05) is 23.8 Å². The van der Waals surface area contributed by atoms with Gasteiger partial charge in [0.15, 0.2) is 30.5 Å². The van der Waals surface area contributed by atoms with Crippen LogP contribution in [0.5, 0.6) is 11.5 Å². The van der Waals surface area contributed by atoms with Crippen molar-refractivity contribution in [3.63, 3.8) is 0 Å². The molecule has 0 unspecified atom stereocenters. The molecule has 1 aromatic heterocycles. The molecule has 9 heteroatoms. The Morgan fingerprint density at radius 1 is 0.564 bits per heavy atom. The molecule has 1 aliphatic heterocycles.